The van der Waals surface area contributed by atoms with Crippen molar-refractivity contribution >= 4 is 12.1 Å². The topological polar surface area (TPSA) is 102 Å². The van der Waals surface area contributed by atoms with E-state index in [9.17, 15) is 14.7 Å². The summed E-state index contributed by atoms with van der Waals surface area (Å²) in [4.78, 5) is 23.4. The van der Waals surface area contributed by atoms with Gasteiger partial charge in [0.1, 0.15) is 0 Å². The first-order chi connectivity index (χ1) is 11.5. The first kappa shape index (κ1) is 15.7. The van der Waals surface area contributed by atoms with Crippen LogP contribution in [0, 0.1) is 17.8 Å². The highest BCUT2D eigenvalue weighted by Gasteiger charge is 2.51. The lowest BCUT2D eigenvalue weighted by atomic mass is 9.53. The zero-order valence-electron chi connectivity index (χ0n) is 13.8. The molecule has 0 spiro atoms. The highest BCUT2D eigenvalue weighted by molar-refractivity contribution is 5.77. The van der Waals surface area contributed by atoms with Gasteiger partial charge in [-0.1, -0.05) is 0 Å². The molecule has 0 saturated heterocycles. The predicted molar refractivity (Wildman–Crippen MR) is 87.8 cm³/mol. The average molecular weight is 334 g/mol. The van der Waals surface area contributed by atoms with Gasteiger partial charge in [0, 0.05) is 18.3 Å². The quantitative estimate of drug-likeness (QED) is 0.533. The van der Waals surface area contributed by atoms with Crippen molar-refractivity contribution in [2.24, 2.45) is 17.8 Å². The van der Waals surface area contributed by atoms with Crippen LogP contribution in [0.4, 0.5) is 9.59 Å². The van der Waals surface area contributed by atoms with Gasteiger partial charge in [-0.05, 0) is 68.3 Å². The van der Waals surface area contributed by atoms with Gasteiger partial charge in [-0.15, -0.1) is 0 Å². The van der Waals surface area contributed by atoms with Gasteiger partial charge in [-0.2, -0.15) is 0 Å². The summed E-state index contributed by atoms with van der Waals surface area (Å²) in [6.45, 7) is 0.429. The lowest BCUT2D eigenvalue weighted by molar-refractivity contribution is -0.0135. The molecule has 0 radical (unpaired) electrons. The fourth-order valence-electron chi connectivity index (χ4n) is 5.57. The molecule has 4 saturated carbocycles. The van der Waals surface area contributed by atoms with Crippen LogP contribution in [-0.4, -0.2) is 35.5 Å². The molecule has 1 heterocycles. The van der Waals surface area contributed by atoms with Crippen LogP contribution in [0.15, 0.2) is 11.8 Å². The van der Waals surface area contributed by atoms with Gasteiger partial charge in [0.25, 0.3) is 0 Å². The van der Waals surface area contributed by atoms with Gasteiger partial charge < -0.3 is 26.4 Å². The molecule has 0 aromatic carbocycles. The molecule has 4 bridgehead atoms. The molecule has 24 heavy (non-hydrogen) atoms. The van der Waals surface area contributed by atoms with E-state index in [1.165, 1.54) is 25.5 Å². The summed E-state index contributed by atoms with van der Waals surface area (Å²) in [5.41, 5.74) is 0.669. The Kier molecular flexibility index (Phi) is 3.90. The summed E-state index contributed by atoms with van der Waals surface area (Å²) in [6, 6.07) is -0.529. The second-order valence-electron chi connectivity index (χ2n) is 8.07. The number of amides is 4. The minimum absolute atomic E-state index is 0.0119. The molecule has 0 aromatic rings. The van der Waals surface area contributed by atoms with Crippen LogP contribution in [0.1, 0.15) is 44.9 Å². The molecule has 5 aliphatic rings. The molecule has 7 heteroatoms. The minimum atomic E-state index is -0.980. The van der Waals surface area contributed by atoms with Crippen molar-refractivity contribution in [2.75, 3.05) is 6.54 Å². The Bertz CT molecular complexity index is 539. The van der Waals surface area contributed by atoms with Crippen molar-refractivity contribution in [3.8, 4) is 0 Å². The first-order valence-electron chi connectivity index (χ1n) is 9.01. The third-order valence-corrected chi connectivity index (χ3v) is 6.12. The maximum atomic E-state index is 12.3. The zero-order valence-corrected chi connectivity index (χ0v) is 13.8. The Hall–Kier alpha value is -1.76. The second-order valence-corrected chi connectivity index (χ2v) is 8.07. The predicted octanol–water partition coefficient (Wildman–Crippen LogP) is 1.16. The van der Waals surface area contributed by atoms with Crippen molar-refractivity contribution in [2.45, 2.75) is 56.7 Å². The molecule has 4 aliphatic carbocycles. The van der Waals surface area contributed by atoms with Crippen molar-refractivity contribution in [3.63, 3.8) is 0 Å². The molecule has 5 N–H and O–H groups in total. The normalized spacial score (nSPS) is 39.7. The highest BCUT2D eigenvalue weighted by Crippen LogP contribution is 2.55. The summed E-state index contributed by atoms with van der Waals surface area (Å²) in [7, 11) is 0. The van der Waals surface area contributed by atoms with Crippen molar-refractivity contribution < 1.29 is 14.7 Å². The molecule has 132 valence electrons. The molecule has 1 unspecified atom stereocenters. The average Bonchev–Trinajstić information content (AvgIpc) is 2.47. The number of aliphatic hydroxyl groups excluding tert-OH is 1. The van der Waals surface area contributed by atoms with Gasteiger partial charge in [0.15, 0.2) is 6.23 Å². The van der Waals surface area contributed by atoms with E-state index in [0.29, 0.717) is 18.5 Å². The Labute approximate surface area is 141 Å². The van der Waals surface area contributed by atoms with E-state index >= 15 is 0 Å². The molecule has 4 fully saturated rings. The largest absolute Gasteiger partial charge is 0.370 e. The van der Waals surface area contributed by atoms with Crippen molar-refractivity contribution in [1.82, 2.24) is 21.3 Å². The number of carbonyl (C=O) groups excluding carboxylic acids is 2. The summed E-state index contributed by atoms with van der Waals surface area (Å²) in [6.07, 6.45) is 8.47. The fraction of sp³-hybridized carbons (Fsp3) is 0.765. The van der Waals surface area contributed by atoms with Gasteiger partial charge in [0.05, 0.1) is 0 Å². The minimum Gasteiger partial charge on any atom is -0.370 e. The van der Waals surface area contributed by atoms with E-state index in [2.05, 4.69) is 21.3 Å². The van der Waals surface area contributed by atoms with Crippen molar-refractivity contribution in [3.05, 3.63) is 11.8 Å². The lowest BCUT2D eigenvalue weighted by Gasteiger charge is -2.56. The van der Waals surface area contributed by atoms with E-state index in [4.69, 9.17) is 0 Å². The van der Waals surface area contributed by atoms with E-state index in [-0.39, 0.29) is 11.6 Å². The SMILES string of the molecule is O=C1NC=C(CCNC(=O)NC23CC4CC(CC(C4)C2)C3)C(O)N1. The molecule has 4 amide bonds. The molecule has 1 atom stereocenters. The molecule has 0 aromatic heterocycles. The van der Waals surface area contributed by atoms with Crippen LogP contribution >= 0.6 is 0 Å². The maximum Gasteiger partial charge on any atom is 0.321 e. The molecular weight excluding hydrogens is 308 g/mol. The monoisotopic (exact) mass is 334 g/mol. The molecule has 1 aliphatic heterocycles. The first-order valence-corrected chi connectivity index (χ1v) is 9.01. The van der Waals surface area contributed by atoms with E-state index in [1.54, 1.807) is 0 Å². The van der Waals surface area contributed by atoms with Gasteiger partial charge in [0.2, 0.25) is 0 Å². The second kappa shape index (κ2) is 5.95. The van der Waals surface area contributed by atoms with E-state index in [0.717, 1.165) is 37.0 Å². The molecule has 7 nitrogen and oxygen atoms in total. The number of rotatable bonds is 4. The third-order valence-electron chi connectivity index (χ3n) is 6.12. The zero-order chi connectivity index (χ0) is 16.7. The number of hydrogen-bond donors (Lipinski definition) is 5. The molecule has 5 rings (SSSR count). The van der Waals surface area contributed by atoms with Crippen LogP contribution in [0.25, 0.3) is 0 Å². The maximum absolute atomic E-state index is 12.3. The number of urea groups is 2. The van der Waals surface area contributed by atoms with Crippen LogP contribution in [0.5, 0.6) is 0 Å². The van der Waals surface area contributed by atoms with E-state index < -0.39 is 12.3 Å². The Morgan fingerprint density at radius 1 is 1.21 bits per heavy atom. The Morgan fingerprint density at radius 3 is 2.42 bits per heavy atom. The third kappa shape index (κ3) is 3.09. The fourth-order valence-corrected chi connectivity index (χ4v) is 5.57. The Morgan fingerprint density at radius 2 is 1.83 bits per heavy atom. The van der Waals surface area contributed by atoms with Crippen molar-refractivity contribution in [1.29, 1.82) is 0 Å². The van der Waals surface area contributed by atoms with E-state index in [1.807, 2.05) is 0 Å². The summed E-state index contributed by atoms with van der Waals surface area (Å²) in [5, 5.41) is 20.8. The lowest BCUT2D eigenvalue weighted by Crippen LogP contribution is -2.61. The summed E-state index contributed by atoms with van der Waals surface area (Å²) >= 11 is 0. The van der Waals surface area contributed by atoms with Crippen LogP contribution in [0.2, 0.25) is 0 Å². The van der Waals surface area contributed by atoms with Crippen LogP contribution < -0.4 is 21.3 Å². The van der Waals surface area contributed by atoms with Gasteiger partial charge >= 0.3 is 12.1 Å². The van der Waals surface area contributed by atoms with Gasteiger partial charge in [-0.3, -0.25) is 0 Å². The number of aliphatic hydroxyl groups is 1. The van der Waals surface area contributed by atoms with Crippen LogP contribution in [0.3, 0.4) is 0 Å². The Balaban J connectivity index is 1.26. The van der Waals surface area contributed by atoms with Gasteiger partial charge in [-0.25, -0.2) is 9.59 Å². The highest BCUT2D eigenvalue weighted by atomic mass is 16.3. The summed E-state index contributed by atoms with van der Waals surface area (Å²) < 4.78 is 0. The standard InChI is InChI=1S/C17H26N4O3/c22-14-13(9-19-15(23)20-14)1-2-18-16(24)21-17-6-10-3-11(7-17)5-12(4-10)8-17/h9-12,14,22H,1-8H2,(H2,18,21,24)(H2,19,20,23). The summed E-state index contributed by atoms with van der Waals surface area (Å²) in [5.74, 6) is 2.40. The number of nitrogens with one attached hydrogen (secondary N) is 4. The smallest absolute Gasteiger partial charge is 0.321 e. The number of carbonyl (C=O) groups is 2. The van der Waals surface area contributed by atoms with Crippen LogP contribution in [-0.2, 0) is 0 Å². The molecular formula is C17H26N4O3. The number of hydrogen-bond acceptors (Lipinski definition) is 3.